The number of hydrogen-bond acceptors (Lipinski definition) is 5. The highest BCUT2D eigenvalue weighted by Crippen LogP contribution is 2.06. The van der Waals surface area contributed by atoms with Crippen molar-refractivity contribution in [2.75, 3.05) is 39.9 Å². The zero-order valence-corrected chi connectivity index (χ0v) is 11.5. The van der Waals surface area contributed by atoms with Gasteiger partial charge in [0.1, 0.15) is 0 Å². The van der Waals surface area contributed by atoms with Crippen LogP contribution in [0.25, 0.3) is 0 Å². The van der Waals surface area contributed by atoms with Crippen LogP contribution in [0.3, 0.4) is 0 Å². The van der Waals surface area contributed by atoms with Gasteiger partial charge in [0.2, 0.25) is 0 Å². The van der Waals surface area contributed by atoms with Gasteiger partial charge in [-0.2, -0.15) is 0 Å². The first-order valence-corrected chi connectivity index (χ1v) is 6.50. The Morgan fingerprint density at radius 1 is 1.44 bits per heavy atom. The molecule has 2 rings (SSSR count). The average Bonchev–Trinajstić information content (AvgIpc) is 2.76. The second kappa shape index (κ2) is 6.26. The van der Waals surface area contributed by atoms with Crippen LogP contribution in [0.15, 0.2) is 6.20 Å². The Balaban J connectivity index is 1.78. The minimum absolute atomic E-state index is 0.505. The summed E-state index contributed by atoms with van der Waals surface area (Å²) in [6.45, 7) is 8.00. The summed E-state index contributed by atoms with van der Waals surface area (Å²) in [5.41, 5.74) is 1.02. The van der Waals surface area contributed by atoms with E-state index in [0.29, 0.717) is 6.04 Å². The van der Waals surface area contributed by atoms with Crippen molar-refractivity contribution >= 4 is 0 Å². The quantitative estimate of drug-likeness (QED) is 0.737. The Kier molecular flexibility index (Phi) is 4.68. The number of nitrogens with zero attached hydrogens (tertiary/aromatic N) is 5. The molecule has 0 spiro atoms. The van der Waals surface area contributed by atoms with Crippen LogP contribution in [0.5, 0.6) is 0 Å². The Hall–Kier alpha value is -0.980. The molecule has 1 aromatic heterocycles. The van der Waals surface area contributed by atoms with Gasteiger partial charge in [-0.3, -0.25) is 14.5 Å². The predicted octanol–water partition coefficient (Wildman–Crippen LogP) is -0.0324. The third kappa shape index (κ3) is 3.76. The highest BCUT2D eigenvalue weighted by molar-refractivity contribution is 4.92. The summed E-state index contributed by atoms with van der Waals surface area (Å²) in [5, 5.41) is 8.08. The van der Waals surface area contributed by atoms with Gasteiger partial charge in [0.05, 0.1) is 18.9 Å². The van der Waals surface area contributed by atoms with Gasteiger partial charge >= 0.3 is 0 Å². The summed E-state index contributed by atoms with van der Waals surface area (Å²) >= 11 is 0. The highest BCUT2D eigenvalue weighted by atomic mass is 16.5. The van der Waals surface area contributed by atoms with Crippen LogP contribution in [0.4, 0.5) is 0 Å². The first-order valence-electron chi connectivity index (χ1n) is 6.50. The summed E-state index contributed by atoms with van der Waals surface area (Å²) in [5.74, 6) is 0. The summed E-state index contributed by atoms with van der Waals surface area (Å²) in [6.07, 6.45) is 1.97. The molecule has 6 nitrogen and oxygen atoms in total. The number of likely N-dealkylation sites (N-methyl/N-ethyl adjacent to an activating group) is 1. The molecule has 0 aromatic carbocycles. The molecular formula is C12H23N5O. The minimum atomic E-state index is 0.505. The van der Waals surface area contributed by atoms with Gasteiger partial charge in [-0.1, -0.05) is 5.21 Å². The fourth-order valence-corrected chi connectivity index (χ4v) is 2.18. The van der Waals surface area contributed by atoms with Crippen LogP contribution in [-0.2, 0) is 18.3 Å². The molecule has 0 radical (unpaired) electrons. The third-order valence-corrected chi connectivity index (χ3v) is 3.44. The molecule has 6 heteroatoms. The number of morpholine rings is 1. The molecule has 0 N–H and O–H groups in total. The molecule has 18 heavy (non-hydrogen) atoms. The van der Waals surface area contributed by atoms with Crippen molar-refractivity contribution in [3.8, 4) is 0 Å². The fraction of sp³-hybridized carbons (Fsp3) is 0.833. The maximum Gasteiger partial charge on any atom is 0.0967 e. The maximum atomic E-state index is 5.36. The maximum absolute atomic E-state index is 5.36. The second-order valence-corrected chi connectivity index (χ2v) is 5.06. The van der Waals surface area contributed by atoms with Gasteiger partial charge in [-0.05, 0) is 14.0 Å². The van der Waals surface area contributed by atoms with Gasteiger partial charge < -0.3 is 4.74 Å². The molecule has 0 saturated carbocycles. The Bertz CT molecular complexity index is 361. The lowest BCUT2D eigenvalue weighted by atomic mass is 10.2. The lowest BCUT2D eigenvalue weighted by Gasteiger charge is -2.32. The molecule has 1 aliphatic rings. The first kappa shape index (κ1) is 13.5. The van der Waals surface area contributed by atoms with Crippen molar-refractivity contribution in [2.24, 2.45) is 7.05 Å². The van der Waals surface area contributed by atoms with Crippen LogP contribution in [-0.4, -0.2) is 70.7 Å². The van der Waals surface area contributed by atoms with E-state index in [2.05, 4.69) is 34.1 Å². The van der Waals surface area contributed by atoms with E-state index >= 15 is 0 Å². The van der Waals surface area contributed by atoms with Crippen LogP contribution < -0.4 is 0 Å². The van der Waals surface area contributed by atoms with E-state index in [4.69, 9.17) is 4.74 Å². The van der Waals surface area contributed by atoms with Crippen LogP contribution >= 0.6 is 0 Å². The number of aryl methyl sites for hydroxylation is 1. The number of rotatable bonds is 5. The second-order valence-electron chi connectivity index (χ2n) is 5.06. The zero-order valence-electron chi connectivity index (χ0n) is 11.5. The minimum Gasteiger partial charge on any atom is -0.379 e. The Morgan fingerprint density at radius 3 is 2.78 bits per heavy atom. The molecule has 1 aromatic rings. The van der Waals surface area contributed by atoms with Crippen LogP contribution in [0.1, 0.15) is 12.6 Å². The smallest absolute Gasteiger partial charge is 0.0967 e. The van der Waals surface area contributed by atoms with Crippen molar-refractivity contribution in [1.29, 1.82) is 0 Å². The Morgan fingerprint density at radius 2 is 2.17 bits per heavy atom. The van der Waals surface area contributed by atoms with Gasteiger partial charge in [0.25, 0.3) is 0 Å². The lowest BCUT2D eigenvalue weighted by molar-refractivity contribution is 0.0261. The normalized spacial score (nSPS) is 19.3. The Labute approximate surface area is 109 Å². The molecule has 0 amide bonds. The van der Waals surface area contributed by atoms with Crippen molar-refractivity contribution in [2.45, 2.75) is 19.5 Å². The molecule has 0 aliphatic carbocycles. The summed E-state index contributed by atoms with van der Waals surface area (Å²) in [6, 6.07) is 0.505. The van der Waals surface area contributed by atoms with Gasteiger partial charge in [0.15, 0.2) is 0 Å². The number of aromatic nitrogens is 3. The SMILES string of the molecule is CC(CN1CCOCC1)N(C)Cc1cn(C)nn1. The van der Waals surface area contributed by atoms with Crippen LogP contribution in [0, 0.1) is 0 Å². The van der Waals surface area contributed by atoms with E-state index in [1.165, 1.54) is 0 Å². The first-order chi connectivity index (χ1) is 8.65. The van der Waals surface area contributed by atoms with Crippen LogP contribution in [0.2, 0.25) is 0 Å². The summed E-state index contributed by atoms with van der Waals surface area (Å²) in [7, 11) is 4.04. The number of ether oxygens (including phenoxy) is 1. The molecule has 0 bridgehead atoms. The molecule has 1 atom stereocenters. The largest absolute Gasteiger partial charge is 0.379 e. The average molecular weight is 253 g/mol. The van der Waals surface area contributed by atoms with E-state index in [9.17, 15) is 0 Å². The van der Waals surface area contributed by atoms with Crippen molar-refractivity contribution in [3.05, 3.63) is 11.9 Å². The predicted molar refractivity (Wildman–Crippen MR) is 69.2 cm³/mol. The fourth-order valence-electron chi connectivity index (χ4n) is 2.18. The monoisotopic (exact) mass is 253 g/mol. The zero-order chi connectivity index (χ0) is 13.0. The van der Waals surface area contributed by atoms with E-state index in [1.54, 1.807) is 4.68 Å². The standard InChI is InChI=1S/C12H23N5O/c1-11(8-17-4-6-18-7-5-17)15(2)9-12-10-16(3)14-13-12/h10-11H,4-9H2,1-3H3. The summed E-state index contributed by atoms with van der Waals surface area (Å²) < 4.78 is 7.11. The molecular weight excluding hydrogens is 230 g/mol. The third-order valence-electron chi connectivity index (χ3n) is 3.44. The van der Waals surface area contributed by atoms with E-state index < -0.39 is 0 Å². The topological polar surface area (TPSA) is 46.4 Å². The molecule has 1 unspecified atom stereocenters. The molecule has 1 fully saturated rings. The van der Waals surface area contributed by atoms with Crippen molar-refractivity contribution < 1.29 is 4.74 Å². The lowest BCUT2D eigenvalue weighted by Crippen LogP contribution is -2.44. The van der Waals surface area contributed by atoms with Crippen molar-refractivity contribution in [3.63, 3.8) is 0 Å². The van der Waals surface area contributed by atoms with Crippen molar-refractivity contribution in [1.82, 2.24) is 24.8 Å². The van der Waals surface area contributed by atoms with E-state index in [-0.39, 0.29) is 0 Å². The van der Waals surface area contributed by atoms with Gasteiger partial charge in [0, 0.05) is 45.5 Å². The molecule has 102 valence electrons. The van der Waals surface area contributed by atoms with Gasteiger partial charge in [-0.15, -0.1) is 5.10 Å². The number of hydrogen-bond donors (Lipinski definition) is 0. The van der Waals surface area contributed by atoms with Gasteiger partial charge in [-0.25, -0.2) is 0 Å². The molecule has 1 saturated heterocycles. The highest BCUT2D eigenvalue weighted by Gasteiger charge is 2.17. The van der Waals surface area contributed by atoms with E-state index in [1.807, 2.05) is 13.2 Å². The molecule has 2 heterocycles. The van der Waals surface area contributed by atoms with E-state index in [0.717, 1.165) is 45.1 Å². The molecule has 1 aliphatic heterocycles. The summed E-state index contributed by atoms with van der Waals surface area (Å²) in [4.78, 5) is 4.78.